The molecule has 1 saturated heterocycles. The molecule has 0 spiro atoms. The highest BCUT2D eigenvalue weighted by molar-refractivity contribution is 5.78. The molecule has 0 unspecified atom stereocenters. The lowest BCUT2D eigenvalue weighted by Gasteiger charge is -2.36. The van der Waals surface area contributed by atoms with E-state index in [1.807, 2.05) is 6.92 Å². The molecule has 1 fully saturated rings. The molecule has 4 N–H and O–H groups in total. The Hall–Kier alpha value is -2.01. The van der Waals surface area contributed by atoms with Gasteiger partial charge in [0.05, 0.1) is 12.2 Å². The van der Waals surface area contributed by atoms with Gasteiger partial charge in [0, 0.05) is 7.11 Å². The smallest absolute Gasteiger partial charge is 0.247 e. The largest absolute Gasteiger partial charge is 0.476 e. The molecule has 3 rings (SSSR count). The topological polar surface area (TPSA) is 138 Å². The van der Waals surface area contributed by atoms with Crippen molar-refractivity contribution in [2.75, 3.05) is 19.5 Å². The summed E-state index contributed by atoms with van der Waals surface area (Å²) in [4.78, 5) is 12.8. The van der Waals surface area contributed by atoms with Gasteiger partial charge in [-0.2, -0.15) is 9.97 Å². The van der Waals surface area contributed by atoms with Crippen molar-refractivity contribution in [3.8, 4) is 5.88 Å². The van der Waals surface area contributed by atoms with Gasteiger partial charge in [-0.15, -0.1) is 0 Å². The number of methoxy groups -OCH3 is 1. The molecule has 0 saturated carbocycles. The van der Waals surface area contributed by atoms with Crippen LogP contribution in [0.4, 0.5) is 5.95 Å². The van der Waals surface area contributed by atoms with E-state index in [2.05, 4.69) is 15.0 Å². The Labute approximate surface area is 157 Å². The molecule has 0 radical (unpaired) electrons. The lowest BCUT2D eigenvalue weighted by molar-refractivity contribution is -0.162. The fraction of sp³-hybridized carbons (Fsp3) is 0.706. The molecule has 0 amide bonds. The van der Waals surface area contributed by atoms with Gasteiger partial charge in [-0.3, -0.25) is 4.57 Å². The Morgan fingerprint density at radius 3 is 2.59 bits per heavy atom. The standard InChI is InChI=1S/C17H27N5O5/c1-7-26-12-9-11(20-15(18)21-12)22(8(2)19-9)13-10(23)17(5,24)14(27-13)16(3,4)25-6/h10,13-14,23-24H,7H2,1-6H3,(H2,18,20,21)/t10-,13-,14-,17+/m1/s1. The van der Waals surface area contributed by atoms with Gasteiger partial charge in [-0.25, -0.2) is 4.98 Å². The number of aliphatic hydroxyl groups is 2. The van der Waals surface area contributed by atoms with Crippen LogP contribution in [0.15, 0.2) is 0 Å². The van der Waals surface area contributed by atoms with E-state index in [9.17, 15) is 10.2 Å². The number of nitrogens with zero attached hydrogens (tertiary/aromatic N) is 4. The van der Waals surface area contributed by atoms with Crippen LogP contribution in [-0.4, -0.2) is 66.9 Å². The predicted octanol–water partition coefficient (Wildman–Crippen LogP) is 0.550. The molecule has 0 aromatic carbocycles. The van der Waals surface area contributed by atoms with Crippen molar-refractivity contribution >= 4 is 17.1 Å². The van der Waals surface area contributed by atoms with Crippen molar-refractivity contribution in [1.29, 1.82) is 0 Å². The Kier molecular flexibility index (Phi) is 4.79. The Morgan fingerprint density at radius 1 is 1.33 bits per heavy atom. The number of nitrogens with two attached hydrogens (primary N) is 1. The molecule has 2 aromatic rings. The third-order valence-corrected chi connectivity index (χ3v) is 5.07. The quantitative estimate of drug-likeness (QED) is 0.677. The number of imidazole rings is 1. The van der Waals surface area contributed by atoms with Gasteiger partial charge in [0.2, 0.25) is 11.8 Å². The van der Waals surface area contributed by atoms with Crippen LogP contribution in [0.1, 0.15) is 39.7 Å². The Balaban J connectivity index is 2.14. The van der Waals surface area contributed by atoms with Crippen LogP contribution in [0.25, 0.3) is 11.2 Å². The number of rotatable bonds is 5. The summed E-state index contributed by atoms with van der Waals surface area (Å²) in [5.41, 5.74) is 4.19. The highest BCUT2D eigenvalue weighted by Gasteiger charge is 2.58. The molecule has 2 aromatic heterocycles. The Bertz CT molecular complexity index is 850. The van der Waals surface area contributed by atoms with Crippen molar-refractivity contribution in [2.24, 2.45) is 0 Å². The maximum atomic E-state index is 10.9. The molecule has 0 bridgehead atoms. The number of anilines is 1. The monoisotopic (exact) mass is 381 g/mol. The zero-order valence-corrected chi connectivity index (χ0v) is 16.4. The minimum Gasteiger partial charge on any atom is -0.476 e. The van der Waals surface area contributed by atoms with Crippen LogP contribution < -0.4 is 10.5 Å². The molecule has 1 aliphatic rings. The van der Waals surface area contributed by atoms with Gasteiger partial charge in [0.25, 0.3) is 0 Å². The Morgan fingerprint density at radius 2 is 2.00 bits per heavy atom. The second kappa shape index (κ2) is 6.55. The summed E-state index contributed by atoms with van der Waals surface area (Å²) in [5.74, 6) is 0.788. The van der Waals surface area contributed by atoms with E-state index >= 15 is 0 Å². The minimum atomic E-state index is -1.56. The average Bonchev–Trinajstić information content (AvgIpc) is 3.02. The maximum absolute atomic E-state index is 10.9. The summed E-state index contributed by atoms with van der Waals surface area (Å²) in [7, 11) is 1.53. The molecule has 1 aliphatic heterocycles. The van der Waals surface area contributed by atoms with E-state index in [0.717, 1.165) is 0 Å². The number of hydrogen-bond acceptors (Lipinski definition) is 9. The van der Waals surface area contributed by atoms with E-state index in [4.69, 9.17) is 19.9 Å². The molecule has 10 nitrogen and oxygen atoms in total. The second-order valence-electron chi connectivity index (χ2n) is 7.41. The first-order valence-electron chi connectivity index (χ1n) is 8.80. The van der Waals surface area contributed by atoms with Gasteiger partial charge >= 0.3 is 0 Å². The molecule has 3 heterocycles. The fourth-order valence-corrected chi connectivity index (χ4v) is 3.59. The number of nitrogen functional groups attached to an aromatic ring is 1. The fourth-order valence-electron chi connectivity index (χ4n) is 3.59. The van der Waals surface area contributed by atoms with Crippen LogP contribution in [0.5, 0.6) is 5.88 Å². The number of fused-ring (bicyclic) bond motifs is 1. The lowest BCUT2D eigenvalue weighted by atomic mass is 9.85. The first kappa shape index (κ1) is 19.7. The first-order valence-corrected chi connectivity index (χ1v) is 8.80. The van der Waals surface area contributed by atoms with Gasteiger partial charge in [0.1, 0.15) is 23.6 Å². The van der Waals surface area contributed by atoms with E-state index in [-0.39, 0.29) is 11.8 Å². The van der Waals surface area contributed by atoms with Crippen LogP contribution in [0.2, 0.25) is 0 Å². The summed E-state index contributed by atoms with van der Waals surface area (Å²) >= 11 is 0. The van der Waals surface area contributed by atoms with Crippen molar-refractivity contribution < 1.29 is 24.4 Å². The van der Waals surface area contributed by atoms with Gasteiger partial charge in [-0.1, -0.05) is 0 Å². The number of aromatic nitrogens is 4. The van der Waals surface area contributed by atoms with Gasteiger partial charge in [-0.05, 0) is 34.6 Å². The third kappa shape index (κ3) is 3.02. The number of ether oxygens (including phenoxy) is 3. The van der Waals surface area contributed by atoms with Crippen molar-refractivity contribution in [3.63, 3.8) is 0 Å². The normalized spacial score (nSPS) is 28.8. The van der Waals surface area contributed by atoms with E-state index < -0.39 is 29.6 Å². The van der Waals surface area contributed by atoms with Crippen molar-refractivity contribution in [1.82, 2.24) is 19.5 Å². The van der Waals surface area contributed by atoms with Crippen molar-refractivity contribution in [3.05, 3.63) is 5.82 Å². The number of aryl methyl sites for hydroxylation is 1. The lowest BCUT2D eigenvalue weighted by Crippen LogP contribution is -2.54. The number of aliphatic hydroxyl groups excluding tert-OH is 1. The van der Waals surface area contributed by atoms with E-state index in [1.165, 1.54) is 14.0 Å². The zero-order chi connectivity index (χ0) is 20.1. The summed E-state index contributed by atoms with van der Waals surface area (Å²) in [5, 5.41) is 21.8. The molecule has 0 aliphatic carbocycles. The summed E-state index contributed by atoms with van der Waals surface area (Å²) in [6.07, 6.45) is -2.98. The molecule has 27 heavy (non-hydrogen) atoms. The summed E-state index contributed by atoms with van der Waals surface area (Å²) in [6.45, 7) is 9.05. The minimum absolute atomic E-state index is 0.0140. The zero-order valence-electron chi connectivity index (χ0n) is 16.4. The molecular weight excluding hydrogens is 354 g/mol. The molecule has 150 valence electrons. The summed E-state index contributed by atoms with van der Waals surface area (Å²) < 4.78 is 18.7. The highest BCUT2D eigenvalue weighted by atomic mass is 16.6. The third-order valence-electron chi connectivity index (χ3n) is 5.07. The average molecular weight is 381 g/mol. The maximum Gasteiger partial charge on any atom is 0.247 e. The van der Waals surface area contributed by atoms with Crippen LogP contribution in [0, 0.1) is 6.92 Å². The SMILES string of the molecule is CCOc1nc(N)nc2c1nc(C)n2[C@@H]1O[C@H](C(C)(C)OC)[C@@](C)(O)[C@@H]1O. The van der Waals surface area contributed by atoms with Crippen LogP contribution >= 0.6 is 0 Å². The van der Waals surface area contributed by atoms with E-state index in [1.54, 1.807) is 25.3 Å². The molecule has 4 atom stereocenters. The van der Waals surface area contributed by atoms with Crippen LogP contribution in [0.3, 0.4) is 0 Å². The second-order valence-corrected chi connectivity index (χ2v) is 7.41. The molecule has 10 heteroatoms. The first-order chi connectivity index (χ1) is 12.5. The van der Waals surface area contributed by atoms with Gasteiger partial charge < -0.3 is 30.2 Å². The van der Waals surface area contributed by atoms with Gasteiger partial charge in [0.15, 0.2) is 17.4 Å². The highest BCUT2D eigenvalue weighted by Crippen LogP contribution is 2.44. The van der Waals surface area contributed by atoms with E-state index in [0.29, 0.717) is 23.6 Å². The number of hydrogen-bond donors (Lipinski definition) is 3. The van der Waals surface area contributed by atoms with Crippen molar-refractivity contribution in [2.45, 2.75) is 64.3 Å². The molecular formula is C17H27N5O5. The predicted molar refractivity (Wildman–Crippen MR) is 97.3 cm³/mol. The summed E-state index contributed by atoms with van der Waals surface area (Å²) in [6, 6.07) is 0. The van der Waals surface area contributed by atoms with Crippen LogP contribution in [-0.2, 0) is 9.47 Å².